The van der Waals surface area contributed by atoms with E-state index in [1.54, 1.807) is 4.90 Å². The molecule has 23 heavy (non-hydrogen) atoms. The summed E-state index contributed by atoms with van der Waals surface area (Å²) >= 11 is 0. The number of hydrogen-bond donors (Lipinski definition) is 1. The van der Waals surface area contributed by atoms with Gasteiger partial charge in [-0.3, -0.25) is 4.79 Å². The normalized spacial score (nSPS) is 34.3. The van der Waals surface area contributed by atoms with Gasteiger partial charge in [-0.25, -0.2) is 4.79 Å². The van der Waals surface area contributed by atoms with Gasteiger partial charge in [0.25, 0.3) is 5.91 Å². The molecule has 2 saturated carbocycles. The van der Waals surface area contributed by atoms with Crippen LogP contribution < -0.4 is 5.32 Å². The molecule has 0 aromatic heterocycles. The Labute approximate surface area is 137 Å². The summed E-state index contributed by atoms with van der Waals surface area (Å²) in [4.78, 5) is 28.5. The lowest BCUT2D eigenvalue weighted by atomic mass is 10.0. The van der Waals surface area contributed by atoms with Crippen molar-refractivity contribution in [1.82, 2.24) is 15.1 Å². The molecule has 2 aliphatic carbocycles. The molecule has 4 fully saturated rings. The highest BCUT2D eigenvalue weighted by Crippen LogP contribution is 2.36. The average molecular weight is 321 g/mol. The Morgan fingerprint density at radius 2 is 1.96 bits per heavy atom. The molecule has 3 amide bonds. The monoisotopic (exact) mass is 321 g/mol. The maximum atomic E-state index is 12.5. The molecule has 4 aliphatic rings. The molecule has 2 heterocycles. The van der Waals surface area contributed by atoms with Crippen LogP contribution in [0.1, 0.15) is 38.5 Å². The highest BCUT2D eigenvalue weighted by Gasteiger charge is 2.53. The third-order valence-corrected chi connectivity index (χ3v) is 5.99. The number of likely N-dealkylation sites (N-methyl/N-ethyl adjacent to an activating group) is 1. The molecule has 128 valence electrons. The van der Waals surface area contributed by atoms with Gasteiger partial charge in [-0.2, -0.15) is 0 Å². The van der Waals surface area contributed by atoms with Crippen LogP contribution in [0.5, 0.6) is 0 Å². The van der Waals surface area contributed by atoms with Gasteiger partial charge >= 0.3 is 6.03 Å². The molecule has 0 bridgehead atoms. The first-order valence-electron chi connectivity index (χ1n) is 9.07. The molecule has 2 saturated heterocycles. The van der Waals surface area contributed by atoms with E-state index in [-0.39, 0.29) is 30.0 Å². The van der Waals surface area contributed by atoms with E-state index < -0.39 is 0 Å². The Bertz CT molecular complexity index is 487. The van der Waals surface area contributed by atoms with Crippen molar-refractivity contribution in [2.24, 2.45) is 11.8 Å². The number of fused-ring (bicyclic) bond motifs is 1. The summed E-state index contributed by atoms with van der Waals surface area (Å²) in [6, 6.07) is 0.485. The van der Waals surface area contributed by atoms with Gasteiger partial charge in [0.05, 0.1) is 12.6 Å². The topological polar surface area (TPSA) is 61.9 Å². The fourth-order valence-corrected chi connectivity index (χ4v) is 4.29. The Kier molecular flexibility index (Phi) is 3.95. The first-order valence-corrected chi connectivity index (χ1v) is 9.07. The van der Waals surface area contributed by atoms with Gasteiger partial charge in [0.1, 0.15) is 6.10 Å². The molecule has 6 nitrogen and oxygen atoms in total. The van der Waals surface area contributed by atoms with Gasteiger partial charge in [0, 0.05) is 32.1 Å². The maximum absolute atomic E-state index is 12.5. The number of rotatable bonds is 4. The van der Waals surface area contributed by atoms with E-state index in [0.29, 0.717) is 31.7 Å². The van der Waals surface area contributed by atoms with Crippen LogP contribution in [0, 0.1) is 11.8 Å². The SMILES string of the molecule is CN1C(=O)[C@@H](OCC2CC2)[C@H]2CN(C(=O)NC3CCCC3)C[C@H]21. The number of carbonyl (C=O) groups is 2. The Balaban J connectivity index is 1.36. The van der Waals surface area contributed by atoms with Crippen molar-refractivity contribution in [3.05, 3.63) is 0 Å². The fourth-order valence-electron chi connectivity index (χ4n) is 4.29. The van der Waals surface area contributed by atoms with Crippen molar-refractivity contribution in [2.75, 3.05) is 26.7 Å². The van der Waals surface area contributed by atoms with Gasteiger partial charge < -0.3 is 19.9 Å². The average Bonchev–Trinajstić information content (AvgIpc) is 2.96. The second-order valence-corrected chi connectivity index (χ2v) is 7.71. The van der Waals surface area contributed by atoms with Gasteiger partial charge in [0.15, 0.2) is 0 Å². The van der Waals surface area contributed by atoms with Crippen LogP contribution in [0.3, 0.4) is 0 Å². The predicted molar refractivity (Wildman–Crippen MR) is 84.9 cm³/mol. The molecule has 0 unspecified atom stereocenters. The summed E-state index contributed by atoms with van der Waals surface area (Å²) in [5, 5.41) is 3.15. The highest BCUT2D eigenvalue weighted by atomic mass is 16.5. The van der Waals surface area contributed by atoms with Crippen LogP contribution in [0.2, 0.25) is 0 Å². The predicted octanol–water partition coefficient (Wildman–Crippen LogP) is 1.21. The molecular weight excluding hydrogens is 294 g/mol. The fraction of sp³-hybridized carbons (Fsp3) is 0.882. The van der Waals surface area contributed by atoms with Crippen LogP contribution in [-0.4, -0.2) is 66.7 Å². The number of urea groups is 1. The smallest absolute Gasteiger partial charge is 0.317 e. The summed E-state index contributed by atoms with van der Waals surface area (Å²) < 4.78 is 5.94. The highest BCUT2D eigenvalue weighted by molar-refractivity contribution is 5.85. The zero-order valence-corrected chi connectivity index (χ0v) is 13.9. The zero-order chi connectivity index (χ0) is 16.0. The Morgan fingerprint density at radius 1 is 1.22 bits per heavy atom. The van der Waals surface area contributed by atoms with E-state index in [1.807, 2.05) is 11.9 Å². The standard InChI is InChI=1S/C17H27N3O3/c1-19-14-9-20(17(22)18-12-4-2-3-5-12)8-13(14)15(16(19)21)23-10-11-6-7-11/h11-15H,2-10H2,1H3,(H,18,22)/t13-,14+,15-/m0/s1. The summed E-state index contributed by atoms with van der Waals surface area (Å²) in [6.07, 6.45) is 6.71. The third-order valence-electron chi connectivity index (χ3n) is 5.99. The summed E-state index contributed by atoms with van der Waals surface area (Å²) in [7, 11) is 1.85. The number of likely N-dealkylation sites (tertiary alicyclic amines) is 2. The Hall–Kier alpha value is -1.30. The maximum Gasteiger partial charge on any atom is 0.317 e. The molecule has 0 aromatic carbocycles. The van der Waals surface area contributed by atoms with E-state index in [4.69, 9.17) is 4.74 Å². The number of carbonyl (C=O) groups excluding carboxylic acids is 2. The van der Waals surface area contributed by atoms with E-state index in [2.05, 4.69) is 5.32 Å². The zero-order valence-electron chi connectivity index (χ0n) is 13.9. The first-order chi connectivity index (χ1) is 11.1. The van der Waals surface area contributed by atoms with Crippen molar-refractivity contribution >= 4 is 11.9 Å². The minimum atomic E-state index is -0.352. The quantitative estimate of drug-likeness (QED) is 0.846. The lowest BCUT2D eigenvalue weighted by Crippen LogP contribution is -2.45. The first kappa shape index (κ1) is 15.2. The molecule has 6 heteroatoms. The molecule has 0 spiro atoms. The summed E-state index contributed by atoms with van der Waals surface area (Å²) in [5.41, 5.74) is 0. The number of amides is 3. The largest absolute Gasteiger partial charge is 0.368 e. The minimum absolute atomic E-state index is 0.0353. The van der Waals surface area contributed by atoms with E-state index in [1.165, 1.54) is 25.7 Å². The van der Waals surface area contributed by atoms with Crippen molar-refractivity contribution in [1.29, 1.82) is 0 Å². The van der Waals surface area contributed by atoms with Crippen molar-refractivity contribution in [2.45, 2.75) is 56.7 Å². The summed E-state index contributed by atoms with van der Waals surface area (Å²) in [5.74, 6) is 0.868. The van der Waals surface area contributed by atoms with Crippen LogP contribution >= 0.6 is 0 Å². The summed E-state index contributed by atoms with van der Waals surface area (Å²) in [6.45, 7) is 1.96. The van der Waals surface area contributed by atoms with Gasteiger partial charge in [-0.15, -0.1) is 0 Å². The molecule has 2 aliphatic heterocycles. The molecule has 3 atom stereocenters. The Morgan fingerprint density at radius 3 is 2.65 bits per heavy atom. The van der Waals surface area contributed by atoms with Gasteiger partial charge in [-0.1, -0.05) is 12.8 Å². The molecule has 0 radical (unpaired) electrons. The molecule has 1 N–H and O–H groups in total. The van der Waals surface area contributed by atoms with Crippen molar-refractivity contribution in [3.63, 3.8) is 0 Å². The lowest BCUT2D eigenvalue weighted by molar-refractivity contribution is -0.138. The van der Waals surface area contributed by atoms with Gasteiger partial charge in [-0.05, 0) is 31.6 Å². The van der Waals surface area contributed by atoms with Crippen molar-refractivity contribution < 1.29 is 14.3 Å². The molecule has 4 rings (SSSR count). The van der Waals surface area contributed by atoms with Crippen LogP contribution in [0.25, 0.3) is 0 Å². The number of nitrogens with one attached hydrogen (secondary N) is 1. The van der Waals surface area contributed by atoms with Crippen LogP contribution in [0.4, 0.5) is 4.79 Å². The third kappa shape index (κ3) is 2.93. The lowest BCUT2D eigenvalue weighted by Gasteiger charge is -2.24. The van der Waals surface area contributed by atoms with E-state index in [0.717, 1.165) is 12.8 Å². The second-order valence-electron chi connectivity index (χ2n) is 7.71. The van der Waals surface area contributed by atoms with Crippen LogP contribution in [0.15, 0.2) is 0 Å². The second kappa shape index (κ2) is 5.96. The van der Waals surface area contributed by atoms with E-state index in [9.17, 15) is 9.59 Å². The number of hydrogen-bond acceptors (Lipinski definition) is 3. The molecular formula is C17H27N3O3. The van der Waals surface area contributed by atoms with Crippen LogP contribution in [-0.2, 0) is 9.53 Å². The molecule has 0 aromatic rings. The number of ether oxygens (including phenoxy) is 1. The minimum Gasteiger partial charge on any atom is -0.368 e. The number of nitrogens with zero attached hydrogens (tertiary/aromatic N) is 2. The van der Waals surface area contributed by atoms with E-state index >= 15 is 0 Å². The van der Waals surface area contributed by atoms with Gasteiger partial charge in [0.2, 0.25) is 0 Å². The van der Waals surface area contributed by atoms with Crippen molar-refractivity contribution in [3.8, 4) is 0 Å².